The summed E-state index contributed by atoms with van der Waals surface area (Å²) in [4.78, 5) is 15.0. The first-order chi connectivity index (χ1) is 10.2. The van der Waals surface area contributed by atoms with Gasteiger partial charge in [-0.15, -0.1) is 0 Å². The molecule has 0 aromatic heterocycles. The summed E-state index contributed by atoms with van der Waals surface area (Å²) < 4.78 is 0. The Bertz CT molecular complexity index is 364. The first kappa shape index (κ1) is 15.3. The van der Waals surface area contributed by atoms with Gasteiger partial charge in [0.1, 0.15) is 0 Å². The summed E-state index contributed by atoms with van der Waals surface area (Å²) in [5.41, 5.74) is 6.20. The van der Waals surface area contributed by atoms with Gasteiger partial charge in [-0.1, -0.05) is 39.0 Å². The molecule has 3 aliphatic rings. The van der Waals surface area contributed by atoms with Crippen LogP contribution in [-0.2, 0) is 4.79 Å². The quantitative estimate of drug-likeness (QED) is 0.865. The second-order valence-corrected chi connectivity index (χ2v) is 7.75. The Hall–Kier alpha value is -0.570. The molecule has 3 heteroatoms. The molecule has 0 aromatic carbocycles. The lowest BCUT2D eigenvalue weighted by Gasteiger charge is -2.28. The number of nitrogens with zero attached hydrogens (tertiary/aromatic N) is 1. The number of nitrogens with two attached hydrogens (primary N) is 1. The Morgan fingerprint density at radius 3 is 2.57 bits per heavy atom. The fraction of sp³-hybridized carbons (Fsp3) is 0.944. The Kier molecular flexibility index (Phi) is 4.88. The topological polar surface area (TPSA) is 46.3 Å². The number of amides is 1. The summed E-state index contributed by atoms with van der Waals surface area (Å²) in [6.45, 7) is 4.11. The highest BCUT2D eigenvalue weighted by molar-refractivity contribution is 5.79. The minimum absolute atomic E-state index is 0.267. The van der Waals surface area contributed by atoms with E-state index in [9.17, 15) is 4.79 Å². The smallest absolute Gasteiger partial charge is 0.225 e. The molecule has 3 rings (SSSR count). The van der Waals surface area contributed by atoms with E-state index in [0.717, 1.165) is 38.3 Å². The molecule has 0 spiro atoms. The minimum Gasteiger partial charge on any atom is -0.342 e. The van der Waals surface area contributed by atoms with Crippen molar-refractivity contribution in [3.8, 4) is 0 Å². The van der Waals surface area contributed by atoms with Crippen molar-refractivity contribution in [2.24, 2.45) is 29.4 Å². The van der Waals surface area contributed by atoms with Gasteiger partial charge < -0.3 is 10.6 Å². The zero-order valence-electron chi connectivity index (χ0n) is 13.6. The number of fused-ring (bicyclic) bond motifs is 1. The monoisotopic (exact) mass is 292 g/mol. The minimum atomic E-state index is 0.267. The third-order valence-corrected chi connectivity index (χ3v) is 6.41. The summed E-state index contributed by atoms with van der Waals surface area (Å²) in [5, 5.41) is 0. The average Bonchev–Trinajstić information content (AvgIpc) is 3.08. The molecular formula is C18H32N2O. The van der Waals surface area contributed by atoms with Gasteiger partial charge in [-0.25, -0.2) is 0 Å². The largest absolute Gasteiger partial charge is 0.342 e. The molecule has 3 fully saturated rings. The Morgan fingerprint density at radius 2 is 1.90 bits per heavy atom. The summed E-state index contributed by atoms with van der Waals surface area (Å²) >= 11 is 0. The molecule has 1 saturated heterocycles. The predicted molar refractivity (Wildman–Crippen MR) is 85.7 cm³/mol. The van der Waals surface area contributed by atoms with Gasteiger partial charge in [0.15, 0.2) is 0 Å². The SMILES string of the molecule is CCC(CC1CCCCC1)C(=O)N1CC2CCC(N)C2C1. The van der Waals surface area contributed by atoms with E-state index in [0.29, 0.717) is 23.8 Å². The van der Waals surface area contributed by atoms with E-state index in [1.54, 1.807) is 0 Å². The van der Waals surface area contributed by atoms with E-state index in [2.05, 4.69) is 11.8 Å². The molecule has 1 aliphatic heterocycles. The van der Waals surface area contributed by atoms with E-state index in [1.807, 2.05) is 0 Å². The molecule has 4 unspecified atom stereocenters. The Labute approximate surface area is 129 Å². The fourth-order valence-electron chi connectivity index (χ4n) is 5.01. The summed E-state index contributed by atoms with van der Waals surface area (Å²) in [5.74, 6) is 2.78. The Balaban J connectivity index is 1.55. The molecule has 1 heterocycles. The standard InChI is InChI=1S/C18H32N2O/c1-2-14(10-13-6-4-3-5-7-13)18(21)20-11-15-8-9-17(19)16(15)12-20/h13-17H,2-12,19H2,1H3. The molecule has 1 amide bonds. The zero-order chi connectivity index (χ0) is 14.8. The molecule has 120 valence electrons. The molecule has 2 saturated carbocycles. The van der Waals surface area contributed by atoms with Crippen molar-refractivity contribution in [1.29, 1.82) is 0 Å². The zero-order valence-corrected chi connectivity index (χ0v) is 13.6. The molecule has 2 aliphatic carbocycles. The van der Waals surface area contributed by atoms with Crippen LogP contribution >= 0.6 is 0 Å². The first-order valence-electron chi connectivity index (χ1n) is 9.23. The van der Waals surface area contributed by atoms with Gasteiger partial charge in [0, 0.05) is 25.0 Å². The van der Waals surface area contributed by atoms with Crippen molar-refractivity contribution in [3.63, 3.8) is 0 Å². The molecule has 2 N–H and O–H groups in total. The van der Waals surface area contributed by atoms with Crippen molar-refractivity contribution in [1.82, 2.24) is 4.90 Å². The van der Waals surface area contributed by atoms with Gasteiger partial charge in [0.25, 0.3) is 0 Å². The second kappa shape index (κ2) is 6.68. The number of rotatable bonds is 4. The van der Waals surface area contributed by atoms with E-state index in [1.165, 1.54) is 38.5 Å². The van der Waals surface area contributed by atoms with E-state index >= 15 is 0 Å². The van der Waals surface area contributed by atoms with E-state index < -0.39 is 0 Å². The fourth-order valence-corrected chi connectivity index (χ4v) is 5.01. The third-order valence-electron chi connectivity index (χ3n) is 6.41. The highest BCUT2D eigenvalue weighted by Gasteiger charge is 2.43. The van der Waals surface area contributed by atoms with Crippen LogP contribution in [0.1, 0.15) is 64.7 Å². The molecular weight excluding hydrogens is 260 g/mol. The van der Waals surface area contributed by atoms with Gasteiger partial charge >= 0.3 is 0 Å². The number of hydrogen-bond acceptors (Lipinski definition) is 2. The van der Waals surface area contributed by atoms with Crippen LogP contribution in [0, 0.1) is 23.7 Å². The number of carbonyl (C=O) groups is 1. The van der Waals surface area contributed by atoms with E-state index in [-0.39, 0.29) is 5.92 Å². The van der Waals surface area contributed by atoms with Crippen LogP contribution < -0.4 is 5.73 Å². The van der Waals surface area contributed by atoms with Crippen LogP contribution in [0.2, 0.25) is 0 Å². The van der Waals surface area contributed by atoms with Crippen molar-refractivity contribution in [2.45, 2.75) is 70.8 Å². The van der Waals surface area contributed by atoms with Crippen molar-refractivity contribution >= 4 is 5.91 Å². The third kappa shape index (κ3) is 3.28. The van der Waals surface area contributed by atoms with Crippen LogP contribution in [0.3, 0.4) is 0 Å². The predicted octanol–water partition coefficient (Wildman–Crippen LogP) is 3.18. The molecule has 0 aromatic rings. The summed E-state index contributed by atoms with van der Waals surface area (Å²) in [6, 6.07) is 0.339. The molecule has 4 atom stereocenters. The average molecular weight is 292 g/mol. The molecule has 0 radical (unpaired) electrons. The van der Waals surface area contributed by atoms with Crippen molar-refractivity contribution < 1.29 is 4.79 Å². The lowest BCUT2D eigenvalue weighted by Crippen LogP contribution is -2.37. The van der Waals surface area contributed by atoms with Gasteiger partial charge in [-0.3, -0.25) is 4.79 Å². The normalized spacial score (nSPS) is 35.0. The van der Waals surface area contributed by atoms with Crippen molar-refractivity contribution in [2.75, 3.05) is 13.1 Å². The lowest BCUT2D eigenvalue weighted by molar-refractivity contribution is -0.135. The van der Waals surface area contributed by atoms with Crippen LogP contribution in [0.4, 0.5) is 0 Å². The highest BCUT2D eigenvalue weighted by atomic mass is 16.2. The highest BCUT2D eigenvalue weighted by Crippen LogP contribution is 2.38. The number of likely N-dealkylation sites (tertiary alicyclic amines) is 1. The van der Waals surface area contributed by atoms with Crippen molar-refractivity contribution in [3.05, 3.63) is 0 Å². The Morgan fingerprint density at radius 1 is 1.14 bits per heavy atom. The van der Waals surface area contributed by atoms with Gasteiger partial charge in [0.05, 0.1) is 0 Å². The van der Waals surface area contributed by atoms with Gasteiger partial charge in [-0.2, -0.15) is 0 Å². The number of hydrogen-bond donors (Lipinski definition) is 1. The molecule has 0 bridgehead atoms. The van der Waals surface area contributed by atoms with E-state index in [4.69, 9.17) is 5.73 Å². The van der Waals surface area contributed by atoms with Crippen LogP contribution in [0.25, 0.3) is 0 Å². The maximum absolute atomic E-state index is 12.9. The molecule has 3 nitrogen and oxygen atoms in total. The van der Waals surface area contributed by atoms with Crippen LogP contribution in [-0.4, -0.2) is 29.9 Å². The van der Waals surface area contributed by atoms with Gasteiger partial charge in [-0.05, 0) is 43.4 Å². The maximum atomic E-state index is 12.9. The lowest BCUT2D eigenvalue weighted by atomic mass is 9.81. The first-order valence-corrected chi connectivity index (χ1v) is 9.23. The maximum Gasteiger partial charge on any atom is 0.225 e. The summed E-state index contributed by atoms with van der Waals surface area (Å²) in [6.07, 6.45) is 11.4. The molecule has 21 heavy (non-hydrogen) atoms. The van der Waals surface area contributed by atoms with Crippen LogP contribution in [0.5, 0.6) is 0 Å². The second-order valence-electron chi connectivity index (χ2n) is 7.75. The van der Waals surface area contributed by atoms with Gasteiger partial charge in [0.2, 0.25) is 5.91 Å². The van der Waals surface area contributed by atoms with Crippen LogP contribution in [0.15, 0.2) is 0 Å². The number of carbonyl (C=O) groups excluding carboxylic acids is 1. The summed E-state index contributed by atoms with van der Waals surface area (Å²) in [7, 11) is 0.